The smallest absolute Gasteiger partial charge is 0.255 e. The van der Waals surface area contributed by atoms with Crippen molar-refractivity contribution in [2.45, 2.75) is 19.8 Å². The minimum absolute atomic E-state index is 0.297. The number of benzene rings is 3. The fourth-order valence-corrected chi connectivity index (χ4v) is 2.84. The Hall–Kier alpha value is -3.91. The number of carbonyl (C=O) groups excluding carboxylic acids is 2. The van der Waals surface area contributed by atoms with Gasteiger partial charge in [0, 0.05) is 16.8 Å². The molecule has 5 heteroatoms. The Labute approximate surface area is 170 Å². The number of carbonyl (C=O) groups is 2. The molecule has 0 radical (unpaired) electrons. The van der Waals surface area contributed by atoms with Crippen molar-refractivity contribution in [3.63, 3.8) is 0 Å². The number of nitriles is 1. The van der Waals surface area contributed by atoms with E-state index in [0.29, 0.717) is 34.0 Å². The molecule has 2 amide bonds. The van der Waals surface area contributed by atoms with Crippen molar-refractivity contribution in [1.29, 1.82) is 5.26 Å². The quantitative estimate of drug-likeness (QED) is 0.636. The van der Waals surface area contributed by atoms with E-state index in [-0.39, 0.29) is 11.8 Å². The molecule has 0 aromatic heterocycles. The van der Waals surface area contributed by atoms with Gasteiger partial charge < -0.3 is 10.6 Å². The van der Waals surface area contributed by atoms with Gasteiger partial charge in [-0.2, -0.15) is 5.26 Å². The highest BCUT2D eigenvalue weighted by Crippen LogP contribution is 2.19. The summed E-state index contributed by atoms with van der Waals surface area (Å²) in [7, 11) is 0. The topological polar surface area (TPSA) is 82.0 Å². The maximum atomic E-state index is 12.6. The molecule has 0 unspecified atom stereocenters. The van der Waals surface area contributed by atoms with Crippen LogP contribution in [0.5, 0.6) is 0 Å². The van der Waals surface area contributed by atoms with Gasteiger partial charge in [0.2, 0.25) is 0 Å². The van der Waals surface area contributed by atoms with Crippen molar-refractivity contribution < 1.29 is 9.59 Å². The Kier molecular flexibility index (Phi) is 6.06. The van der Waals surface area contributed by atoms with Gasteiger partial charge in [0.1, 0.15) is 6.07 Å². The molecular formula is C24H21N3O2. The number of rotatable bonds is 5. The van der Waals surface area contributed by atoms with Crippen LogP contribution in [0.25, 0.3) is 0 Å². The van der Waals surface area contributed by atoms with Gasteiger partial charge in [0.25, 0.3) is 11.8 Å². The normalized spacial score (nSPS) is 10.3. The van der Waals surface area contributed by atoms with Gasteiger partial charge >= 0.3 is 0 Å². The van der Waals surface area contributed by atoms with E-state index in [2.05, 4.69) is 24.5 Å². The van der Waals surface area contributed by atoms with Gasteiger partial charge in [-0.15, -0.1) is 0 Å². The molecule has 0 aliphatic carbocycles. The van der Waals surface area contributed by atoms with E-state index in [4.69, 9.17) is 5.26 Å². The van der Waals surface area contributed by atoms with Gasteiger partial charge in [-0.3, -0.25) is 9.59 Å². The van der Waals surface area contributed by atoms with Crippen LogP contribution in [0.2, 0.25) is 0 Å². The number of amides is 2. The van der Waals surface area contributed by atoms with E-state index >= 15 is 0 Å². The highest BCUT2D eigenvalue weighted by Gasteiger charge is 2.12. The Balaban J connectivity index is 1.73. The van der Waals surface area contributed by atoms with E-state index in [1.807, 2.05) is 30.3 Å². The number of hydrogen-bond acceptors (Lipinski definition) is 3. The van der Waals surface area contributed by atoms with Crippen LogP contribution in [0, 0.1) is 11.3 Å². The average molecular weight is 383 g/mol. The van der Waals surface area contributed by atoms with Crippen molar-refractivity contribution in [3.05, 3.63) is 95.1 Å². The first-order valence-electron chi connectivity index (χ1n) is 9.30. The van der Waals surface area contributed by atoms with Gasteiger partial charge in [-0.05, 0) is 53.9 Å². The van der Waals surface area contributed by atoms with Crippen LogP contribution in [-0.4, -0.2) is 11.8 Å². The summed E-state index contributed by atoms with van der Waals surface area (Å²) < 4.78 is 0. The number of nitrogens with zero attached hydrogens (tertiary/aromatic N) is 1. The number of nitrogens with one attached hydrogen (secondary N) is 2. The monoisotopic (exact) mass is 383 g/mol. The predicted molar refractivity (Wildman–Crippen MR) is 114 cm³/mol. The van der Waals surface area contributed by atoms with Crippen LogP contribution in [0.4, 0.5) is 11.4 Å². The van der Waals surface area contributed by atoms with Crippen LogP contribution in [0.3, 0.4) is 0 Å². The summed E-state index contributed by atoms with van der Waals surface area (Å²) in [6.07, 6.45) is 0. The summed E-state index contributed by atoms with van der Waals surface area (Å²) in [5.74, 6) is -0.265. The second kappa shape index (κ2) is 8.85. The first-order chi connectivity index (χ1) is 14.0. The standard InChI is InChI=1S/C24H21N3O2/c1-16(2)17-10-12-21(13-11-17)26-23(28)18-7-5-8-19(14-18)24(29)27-22-9-4-3-6-20(22)15-25/h3-14,16H,1-2H3,(H,26,28)(H,27,29). The lowest BCUT2D eigenvalue weighted by molar-refractivity contribution is 0.102. The molecule has 144 valence electrons. The number of anilines is 2. The first kappa shape index (κ1) is 19.8. The molecule has 0 bridgehead atoms. The Morgan fingerprint density at radius 1 is 0.828 bits per heavy atom. The molecule has 0 spiro atoms. The van der Waals surface area contributed by atoms with Crippen molar-refractivity contribution in [3.8, 4) is 6.07 Å². The third-order valence-electron chi connectivity index (χ3n) is 4.52. The molecule has 0 fully saturated rings. The largest absolute Gasteiger partial charge is 0.322 e. The summed E-state index contributed by atoms with van der Waals surface area (Å²) in [5, 5.41) is 14.7. The second-order valence-corrected chi connectivity index (χ2v) is 6.92. The first-order valence-corrected chi connectivity index (χ1v) is 9.30. The van der Waals surface area contributed by atoms with Gasteiger partial charge in [0.15, 0.2) is 0 Å². The van der Waals surface area contributed by atoms with Crippen LogP contribution >= 0.6 is 0 Å². The summed E-state index contributed by atoms with van der Waals surface area (Å²) in [6.45, 7) is 4.22. The zero-order chi connectivity index (χ0) is 20.8. The van der Waals surface area contributed by atoms with E-state index < -0.39 is 0 Å². The lowest BCUT2D eigenvalue weighted by Crippen LogP contribution is -2.16. The molecule has 0 aliphatic heterocycles. The van der Waals surface area contributed by atoms with Crippen molar-refractivity contribution in [2.24, 2.45) is 0 Å². The molecule has 0 saturated carbocycles. The van der Waals surface area contributed by atoms with Gasteiger partial charge in [-0.1, -0.05) is 44.2 Å². The Bertz CT molecular complexity index is 1080. The predicted octanol–water partition coefficient (Wildman–Crippen LogP) is 5.19. The lowest BCUT2D eigenvalue weighted by Gasteiger charge is -2.10. The van der Waals surface area contributed by atoms with E-state index in [1.54, 1.807) is 42.5 Å². The highest BCUT2D eigenvalue weighted by atomic mass is 16.2. The zero-order valence-electron chi connectivity index (χ0n) is 16.3. The van der Waals surface area contributed by atoms with Crippen molar-refractivity contribution >= 4 is 23.2 Å². The number of hydrogen-bond donors (Lipinski definition) is 2. The molecule has 3 aromatic rings. The summed E-state index contributed by atoms with van der Waals surface area (Å²) in [4.78, 5) is 25.1. The Morgan fingerprint density at radius 3 is 2.07 bits per heavy atom. The molecule has 3 rings (SSSR count). The van der Waals surface area contributed by atoms with Crippen LogP contribution in [0.1, 0.15) is 51.6 Å². The van der Waals surface area contributed by atoms with Crippen molar-refractivity contribution in [1.82, 2.24) is 0 Å². The molecule has 0 atom stereocenters. The summed E-state index contributed by atoms with van der Waals surface area (Å²) >= 11 is 0. The van der Waals surface area contributed by atoms with Crippen molar-refractivity contribution in [2.75, 3.05) is 10.6 Å². The van der Waals surface area contributed by atoms with E-state index in [0.717, 1.165) is 0 Å². The highest BCUT2D eigenvalue weighted by molar-refractivity contribution is 6.09. The lowest BCUT2D eigenvalue weighted by atomic mass is 10.0. The zero-order valence-corrected chi connectivity index (χ0v) is 16.3. The molecule has 5 nitrogen and oxygen atoms in total. The molecule has 0 heterocycles. The third kappa shape index (κ3) is 4.88. The van der Waals surface area contributed by atoms with Gasteiger partial charge in [-0.25, -0.2) is 0 Å². The Morgan fingerprint density at radius 2 is 1.45 bits per heavy atom. The molecule has 0 aliphatic rings. The SMILES string of the molecule is CC(C)c1ccc(NC(=O)c2cccc(C(=O)Nc3ccccc3C#N)c2)cc1. The van der Waals surface area contributed by atoms with Crippen LogP contribution < -0.4 is 10.6 Å². The van der Waals surface area contributed by atoms with E-state index in [9.17, 15) is 9.59 Å². The molecular weight excluding hydrogens is 362 g/mol. The number of para-hydroxylation sites is 1. The molecule has 3 aromatic carbocycles. The van der Waals surface area contributed by atoms with Gasteiger partial charge in [0.05, 0.1) is 11.3 Å². The third-order valence-corrected chi connectivity index (χ3v) is 4.52. The molecule has 29 heavy (non-hydrogen) atoms. The van der Waals surface area contributed by atoms with E-state index in [1.165, 1.54) is 11.6 Å². The average Bonchev–Trinajstić information content (AvgIpc) is 2.74. The maximum Gasteiger partial charge on any atom is 0.255 e. The minimum Gasteiger partial charge on any atom is -0.322 e. The second-order valence-electron chi connectivity index (χ2n) is 6.92. The minimum atomic E-state index is -0.386. The summed E-state index contributed by atoms with van der Waals surface area (Å²) in [6, 6.07) is 23.0. The molecule has 0 saturated heterocycles. The fourth-order valence-electron chi connectivity index (χ4n) is 2.84. The summed E-state index contributed by atoms with van der Waals surface area (Å²) in [5.41, 5.74) is 3.40. The fraction of sp³-hybridized carbons (Fsp3) is 0.125. The molecule has 2 N–H and O–H groups in total. The van der Waals surface area contributed by atoms with Crippen LogP contribution in [-0.2, 0) is 0 Å². The maximum absolute atomic E-state index is 12.6. The van der Waals surface area contributed by atoms with Crippen LogP contribution in [0.15, 0.2) is 72.8 Å².